The summed E-state index contributed by atoms with van der Waals surface area (Å²) < 4.78 is 5.00. The minimum atomic E-state index is -0.762. The van der Waals surface area contributed by atoms with Gasteiger partial charge in [-0.3, -0.25) is 29.4 Å². The number of carbonyl (C=O) groups excluding carboxylic acids is 4. The number of esters is 1. The van der Waals surface area contributed by atoms with Crippen LogP contribution in [0.15, 0.2) is 48.5 Å². The first-order chi connectivity index (χ1) is 16.2. The van der Waals surface area contributed by atoms with Crippen LogP contribution in [0.1, 0.15) is 36.5 Å². The van der Waals surface area contributed by atoms with Gasteiger partial charge in [0.2, 0.25) is 11.8 Å². The Morgan fingerprint density at radius 3 is 2.50 bits per heavy atom. The zero-order chi connectivity index (χ0) is 24.4. The van der Waals surface area contributed by atoms with Crippen LogP contribution < -0.4 is 10.2 Å². The van der Waals surface area contributed by atoms with Crippen LogP contribution in [-0.4, -0.2) is 35.2 Å². The fourth-order valence-corrected chi connectivity index (χ4v) is 4.50. The van der Waals surface area contributed by atoms with Crippen molar-refractivity contribution in [3.05, 3.63) is 64.2 Å². The molecule has 176 valence electrons. The molecule has 2 aliphatic rings. The Balaban J connectivity index is 1.35. The summed E-state index contributed by atoms with van der Waals surface area (Å²) in [7, 11) is 0. The molecule has 0 radical (unpaired) electrons. The minimum Gasteiger partial charge on any atom is -0.452 e. The van der Waals surface area contributed by atoms with Gasteiger partial charge >= 0.3 is 5.97 Å². The molecule has 10 heteroatoms. The molecular weight excluding hydrogens is 442 g/mol. The van der Waals surface area contributed by atoms with Crippen molar-refractivity contribution in [2.24, 2.45) is 17.8 Å². The molecule has 0 spiro atoms. The summed E-state index contributed by atoms with van der Waals surface area (Å²) in [5, 5.41) is 13.2. The lowest BCUT2D eigenvalue weighted by atomic mass is 9.76. The first kappa shape index (κ1) is 23.1. The van der Waals surface area contributed by atoms with Crippen molar-refractivity contribution in [2.45, 2.75) is 26.2 Å². The lowest BCUT2D eigenvalue weighted by molar-refractivity contribution is -0.384. The number of hydrogen-bond donors (Lipinski definition) is 1. The van der Waals surface area contributed by atoms with Crippen LogP contribution in [0, 0.1) is 27.9 Å². The Labute approximate surface area is 195 Å². The summed E-state index contributed by atoms with van der Waals surface area (Å²) >= 11 is 0. The summed E-state index contributed by atoms with van der Waals surface area (Å²) in [6, 6.07) is 11.3. The minimum absolute atomic E-state index is 0.150. The van der Waals surface area contributed by atoms with Gasteiger partial charge in [0, 0.05) is 17.8 Å². The van der Waals surface area contributed by atoms with E-state index < -0.39 is 23.4 Å². The van der Waals surface area contributed by atoms with Crippen molar-refractivity contribution in [1.82, 2.24) is 0 Å². The van der Waals surface area contributed by atoms with E-state index in [1.165, 1.54) is 53.4 Å². The number of carbonyl (C=O) groups is 4. The first-order valence-corrected chi connectivity index (χ1v) is 10.9. The quantitative estimate of drug-likeness (QED) is 0.299. The van der Waals surface area contributed by atoms with E-state index in [-0.39, 0.29) is 40.6 Å². The lowest BCUT2D eigenvalue weighted by Gasteiger charge is -2.25. The Bertz CT molecular complexity index is 1160. The van der Waals surface area contributed by atoms with Crippen LogP contribution in [0.3, 0.4) is 0 Å². The van der Waals surface area contributed by atoms with E-state index in [1.807, 2.05) is 0 Å². The molecule has 1 saturated heterocycles. The normalized spacial score (nSPS) is 21.7. The molecule has 4 rings (SSSR count). The van der Waals surface area contributed by atoms with Crippen LogP contribution in [0.4, 0.5) is 17.1 Å². The highest BCUT2D eigenvalue weighted by molar-refractivity contribution is 6.22. The van der Waals surface area contributed by atoms with Crippen molar-refractivity contribution >= 4 is 40.8 Å². The number of benzene rings is 2. The van der Waals surface area contributed by atoms with Crippen molar-refractivity contribution in [3.8, 4) is 0 Å². The fourth-order valence-electron chi connectivity index (χ4n) is 4.50. The van der Waals surface area contributed by atoms with Gasteiger partial charge in [-0.05, 0) is 55.5 Å². The van der Waals surface area contributed by atoms with E-state index in [1.54, 1.807) is 0 Å². The molecule has 34 heavy (non-hydrogen) atoms. The van der Waals surface area contributed by atoms with E-state index in [2.05, 4.69) is 12.2 Å². The number of nitro benzene ring substituents is 1. The van der Waals surface area contributed by atoms with Gasteiger partial charge in [0.15, 0.2) is 6.61 Å². The molecule has 2 fully saturated rings. The summed E-state index contributed by atoms with van der Waals surface area (Å²) in [4.78, 5) is 61.4. The third kappa shape index (κ3) is 4.66. The molecule has 1 aliphatic heterocycles. The van der Waals surface area contributed by atoms with Crippen LogP contribution in [-0.2, 0) is 19.1 Å². The summed E-state index contributed by atoms with van der Waals surface area (Å²) in [6.45, 7) is 1.49. The molecular formula is C24H23N3O7. The van der Waals surface area contributed by atoms with Gasteiger partial charge in [0.1, 0.15) is 0 Å². The van der Waals surface area contributed by atoms with Crippen molar-refractivity contribution in [1.29, 1.82) is 0 Å². The second-order valence-electron chi connectivity index (χ2n) is 8.62. The third-order valence-electron chi connectivity index (χ3n) is 6.22. The number of imide groups is 1. The van der Waals surface area contributed by atoms with Gasteiger partial charge in [-0.25, -0.2) is 4.79 Å². The number of ether oxygens (including phenoxy) is 1. The van der Waals surface area contributed by atoms with E-state index in [0.29, 0.717) is 24.4 Å². The maximum absolute atomic E-state index is 12.8. The lowest BCUT2D eigenvalue weighted by Crippen LogP contribution is -2.30. The fraction of sp³-hybridized carbons (Fsp3) is 0.333. The van der Waals surface area contributed by atoms with Crippen molar-refractivity contribution in [3.63, 3.8) is 0 Å². The highest BCUT2D eigenvalue weighted by Crippen LogP contribution is 2.42. The zero-order valence-electron chi connectivity index (χ0n) is 18.4. The summed E-state index contributed by atoms with van der Waals surface area (Å²) in [5.74, 6) is -1.98. The maximum Gasteiger partial charge on any atom is 0.338 e. The van der Waals surface area contributed by atoms with Crippen molar-refractivity contribution in [2.75, 3.05) is 16.8 Å². The first-order valence-electron chi connectivity index (χ1n) is 10.9. The molecule has 2 aromatic carbocycles. The predicted molar refractivity (Wildman–Crippen MR) is 121 cm³/mol. The third-order valence-corrected chi connectivity index (χ3v) is 6.22. The average molecular weight is 465 g/mol. The highest BCUT2D eigenvalue weighted by atomic mass is 16.6. The molecule has 0 aromatic heterocycles. The van der Waals surface area contributed by atoms with Crippen LogP contribution in [0.2, 0.25) is 0 Å². The molecule has 1 heterocycles. The van der Waals surface area contributed by atoms with Crippen LogP contribution in [0.25, 0.3) is 0 Å². The molecule has 3 amide bonds. The number of fused-ring (bicyclic) bond motifs is 1. The van der Waals surface area contributed by atoms with Gasteiger partial charge in [0.25, 0.3) is 11.6 Å². The molecule has 2 aromatic rings. The maximum atomic E-state index is 12.8. The molecule has 0 unspecified atom stereocenters. The van der Waals surface area contributed by atoms with Gasteiger partial charge in [0.05, 0.1) is 28.0 Å². The molecule has 10 nitrogen and oxygen atoms in total. The smallest absolute Gasteiger partial charge is 0.338 e. The largest absolute Gasteiger partial charge is 0.452 e. The van der Waals surface area contributed by atoms with Crippen LogP contribution in [0.5, 0.6) is 0 Å². The molecule has 1 N–H and O–H groups in total. The molecule has 1 aliphatic carbocycles. The Morgan fingerprint density at radius 2 is 1.79 bits per heavy atom. The number of nitro groups is 1. The van der Waals surface area contributed by atoms with Gasteiger partial charge in [-0.2, -0.15) is 0 Å². The average Bonchev–Trinajstić information content (AvgIpc) is 3.07. The molecule has 0 bridgehead atoms. The van der Waals surface area contributed by atoms with E-state index in [4.69, 9.17) is 4.74 Å². The Hall–Kier alpha value is -4.08. The van der Waals surface area contributed by atoms with E-state index >= 15 is 0 Å². The molecule has 3 atom stereocenters. The Kier molecular flexibility index (Phi) is 6.40. The van der Waals surface area contributed by atoms with Crippen molar-refractivity contribution < 1.29 is 28.8 Å². The number of rotatable bonds is 6. The van der Waals surface area contributed by atoms with Gasteiger partial charge < -0.3 is 10.1 Å². The van der Waals surface area contributed by atoms with E-state index in [9.17, 15) is 29.3 Å². The number of nitrogens with zero attached hydrogens (tertiary/aromatic N) is 2. The second-order valence-corrected chi connectivity index (χ2v) is 8.62. The topological polar surface area (TPSA) is 136 Å². The number of hydrogen-bond acceptors (Lipinski definition) is 7. The summed E-state index contributed by atoms with van der Waals surface area (Å²) in [6.07, 6.45) is 2.33. The van der Waals surface area contributed by atoms with Gasteiger partial charge in [-0.15, -0.1) is 0 Å². The van der Waals surface area contributed by atoms with Gasteiger partial charge in [-0.1, -0.05) is 13.0 Å². The number of anilines is 2. The van der Waals surface area contributed by atoms with Crippen LogP contribution >= 0.6 is 0 Å². The standard InChI is InChI=1S/C24H23N3O7/c1-14-5-10-19-20(11-14)23(30)26(22(19)29)17-8-6-15(7-9-17)24(31)34-13-21(28)25-16-3-2-4-18(12-16)27(32)33/h2-4,6-9,12,14,19-20H,5,10-11,13H2,1H3,(H,25,28)/t14-,19+,20-/m1/s1. The second kappa shape index (κ2) is 9.42. The van der Waals surface area contributed by atoms with E-state index in [0.717, 1.165) is 6.42 Å². The molecule has 1 saturated carbocycles. The Morgan fingerprint density at radius 1 is 1.09 bits per heavy atom. The number of nitrogens with one attached hydrogen (secondary N) is 1. The number of amides is 3. The predicted octanol–water partition coefficient (Wildman–Crippen LogP) is 3.32. The highest BCUT2D eigenvalue weighted by Gasteiger charge is 2.49. The summed E-state index contributed by atoms with van der Waals surface area (Å²) in [5.41, 5.74) is 0.571. The zero-order valence-corrected chi connectivity index (χ0v) is 18.4. The SMILES string of the molecule is C[C@@H]1CC[C@@H]2C(=O)N(c3ccc(C(=O)OCC(=O)Nc4cccc([N+](=O)[O-])c4)cc3)C(=O)[C@@H]2C1. The number of non-ortho nitro benzene ring substituents is 1. The monoisotopic (exact) mass is 465 g/mol.